The van der Waals surface area contributed by atoms with Crippen LogP contribution in [0.3, 0.4) is 0 Å². The predicted octanol–water partition coefficient (Wildman–Crippen LogP) is 1.91. The van der Waals surface area contributed by atoms with E-state index in [1.165, 1.54) is 22.4 Å². The first kappa shape index (κ1) is 13.4. The van der Waals surface area contributed by atoms with Crippen LogP contribution in [0.25, 0.3) is 0 Å². The molecule has 1 aromatic rings. The van der Waals surface area contributed by atoms with Gasteiger partial charge in [-0.2, -0.15) is 0 Å². The number of piperazine rings is 1. The molecule has 3 heteroatoms. The largest absolute Gasteiger partial charge is 0.361 e. The Morgan fingerprint density at radius 2 is 1.67 bits per heavy atom. The van der Waals surface area contributed by atoms with E-state index in [1.54, 1.807) is 0 Å². The van der Waals surface area contributed by atoms with Crippen LogP contribution < -0.4 is 10.2 Å². The number of hydrogen-bond acceptors (Lipinski definition) is 3. The second-order valence-electron chi connectivity index (χ2n) is 5.45. The van der Waals surface area contributed by atoms with Crippen molar-refractivity contribution < 1.29 is 0 Å². The highest BCUT2D eigenvalue weighted by Gasteiger charge is 2.14. The Balaban J connectivity index is 2.10. The highest BCUT2D eigenvalue weighted by molar-refractivity contribution is 5.59. The zero-order valence-electron chi connectivity index (χ0n) is 12.1. The lowest BCUT2D eigenvalue weighted by Gasteiger charge is -2.33. The van der Waals surface area contributed by atoms with Crippen LogP contribution in [-0.4, -0.2) is 44.8 Å². The fraction of sp³-hybridized carbons (Fsp3) is 0.600. The number of hydrogen-bond donors (Lipinski definition) is 1. The highest BCUT2D eigenvalue weighted by Crippen LogP contribution is 2.25. The van der Waals surface area contributed by atoms with E-state index in [4.69, 9.17) is 0 Å². The van der Waals surface area contributed by atoms with Crippen molar-refractivity contribution in [3.05, 3.63) is 28.8 Å². The summed E-state index contributed by atoms with van der Waals surface area (Å²) in [5.74, 6) is 0. The standard InChI is InChI=1S/C15H25N3/c1-12-9-13(2)15(14(3)10-12)17(4)11-18-7-5-16-6-8-18/h9-10,16H,5-8,11H2,1-4H3. The average molecular weight is 247 g/mol. The van der Waals surface area contributed by atoms with Crippen molar-refractivity contribution in [2.24, 2.45) is 0 Å². The monoisotopic (exact) mass is 247 g/mol. The van der Waals surface area contributed by atoms with Gasteiger partial charge in [-0.15, -0.1) is 0 Å². The normalized spacial score (nSPS) is 16.9. The summed E-state index contributed by atoms with van der Waals surface area (Å²) in [6.07, 6.45) is 0. The van der Waals surface area contributed by atoms with E-state index < -0.39 is 0 Å². The minimum Gasteiger partial charge on any atom is -0.361 e. The van der Waals surface area contributed by atoms with Crippen molar-refractivity contribution in [2.45, 2.75) is 20.8 Å². The Bertz CT molecular complexity index is 385. The van der Waals surface area contributed by atoms with Gasteiger partial charge in [-0.05, 0) is 31.9 Å². The molecule has 0 spiro atoms. The van der Waals surface area contributed by atoms with Crippen LogP contribution >= 0.6 is 0 Å². The Labute approximate surface area is 111 Å². The van der Waals surface area contributed by atoms with Gasteiger partial charge < -0.3 is 10.2 Å². The van der Waals surface area contributed by atoms with Crippen molar-refractivity contribution >= 4 is 5.69 Å². The fourth-order valence-corrected chi connectivity index (χ4v) is 3.00. The van der Waals surface area contributed by atoms with Crippen molar-refractivity contribution in [1.29, 1.82) is 0 Å². The number of benzene rings is 1. The molecule has 0 radical (unpaired) electrons. The molecule has 18 heavy (non-hydrogen) atoms. The minimum absolute atomic E-state index is 1.02. The molecular formula is C15H25N3. The van der Waals surface area contributed by atoms with Gasteiger partial charge in [0.05, 0.1) is 6.67 Å². The fourth-order valence-electron chi connectivity index (χ4n) is 3.00. The molecule has 1 saturated heterocycles. The summed E-state index contributed by atoms with van der Waals surface area (Å²) in [6.45, 7) is 12.1. The molecule has 0 bridgehead atoms. The summed E-state index contributed by atoms with van der Waals surface area (Å²) in [6, 6.07) is 4.55. The smallest absolute Gasteiger partial charge is 0.0704 e. The zero-order valence-corrected chi connectivity index (χ0v) is 12.1. The third-order valence-electron chi connectivity index (χ3n) is 3.64. The molecule has 2 rings (SSSR count). The zero-order chi connectivity index (χ0) is 13.1. The highest BCUT2D eigenvalue weighted by atomic mass is 15.3. The van der Waals surface area contributed by atoms with Crippen LogP contribution in [0.2, 0.25) is 0 Å². The van der Waals surface area contributed by atoms with Gasteiger partial charge in [0.1, 0.15) is 0 Å². The molecule has 0 amide bonds. The van der Waals surface area contributed by atoms with Crippen LogP contribution in [0.1, 0.15) is 16.7 Å². The van der Waals surface area contributed by atoms with Gasteiger partial charge in [-0.3, -0.25) is 4.90 Å². The van der Waals surface area contributed by atoms with Crippen LogP contribution in [0.5, 0.6) is 0 Å². The summed E-state index contributed by atoms with van der Waals surface area (Å²) in [5, 5.41) is 3.40. The third-order valence-corrected chi connectivity index (χ3v) is 3.64. The summed E-state index contributed by atoms with van der Waals surface area (Å²) >= 11 is 0. The van der Waals surface area contributed by atoms with Gasteiger partial charge in [-0.1, -0.05) is 17.7 Å². The molecule has 0 unspecified atom stereocenters. The van der Waals surface area contributed by atoms with Gasteiger partial charge >= 0.3 is 0 Å². The summed E-state index contributed by atoms with van der Waals surface area (Å²) in [5.41, 5.74) is 5.50. The maximum Gasteiger partial charge on any atom is 0.0704 e. The van der Waals surface area contributed by atoms with Crippen molar-refractivity contribution in [3.63, 3.8) is 0 Å². The summed E-state index contributed by atoms with van der Waals surface area (Å²) in [7, 11) is 2.20. The van der Waals surface area contributed by atoms with E-state index in [9.17, 15) is 0 Å². The molecule has 1 aliphatic heterocycles. The van der Waals surface area contributed by atoms with E-state index in [0.717, 1.165) is 32.8 Å². The van der Waals surface area contributed by atoms with Gasteiger partial charge in [0.2, 0.25) is 0 Å². The van der Waals surface area contributed by atoms with Crippen LogP contribution in [0, 0.1) is 20.8 Å². The lowest BCUT2D eigenvalue weighted by molar-refractivity contribution is 0.243. The van der Waals surface area contributed by atoms with Crippen molar-refractivity contribution in [2.75, 3.05) is 44.8 Å². The van der Waals surface area contributed by atoms with Crippen molar-refractivity contribution in [3.8, 4) is 0 Å². The van der Waals surface area contributed by atoms with Crippen LogP contribution in [0.4, 0.5) is 5.69 Å². The first-order chi connectivity index (χ1) is 8.58. The number of anilines is 1. The Morgan fingerprint density at radius 3 is 2.22 bits per heavy atom. The summed E-state index contributed by atoms with van der Waals surface area (Å²) < 4.78 is 0. The molecule has 1 aliphatic rings. The second-order valence-corrected chi connectivity index (χ2v) is 5.45. The predicted molar refractivity (Wildman–Crippen MR) is 78.4 cm³/mol. The molecule has 0 aromatic heterocycles. The van der Waals surface area contributed by atoms with Gasteiger partial charge in [0.25, 0.3) is 0 Å². The Hall–Kier alpha value is -1.06. The second kappa shape index (κ2) is 5.72. The van der Waals surface area contributed by atoms with Crippen LogP contribution in [-0.2, 0) is 0 Å². The molecule has 1 heterocycles. The van der Waals surface area contributed by atoms with Gasteiger partial charge in [0, 0.05) is 38.9 Å². The molecule has 1 fully saturated rings. The molecule has 0 saturated carbocycles. The molecular weight excluding hydrogens is 222 g/mol. The lowest BCUT2D eigenvalue weighted by Crippen LogP contribution is -2.47. The molecule has 1 aromatic carbocycles. The molecule has 1 N–H and O–H groups in total. The third kappa shape index (κ3) is 3.03. The Kier molecular flexibility index (Phi) is 4.25. The average Bonchev–Trinajstić information content (AvgIpc) is 2.28. The summed E-state index contributed by atoms with van der Waals surface area (Å²) in [4.78, 5) is 4.89. The van der Waals surface area contributed by atoms with Crippen LogP contribution in [0.15, 0.2) is 12.1 Å². The molecule has 0 atom stereocenters. The van der Waals surface area contributed by atoms with Gasteiger partial charge in [-0.25, -0.2) is 0 Å². The van der Waals surface area contributed by atoms with Gasteiger partial charge in [0.15, 0.2) is 0 Å². The van der Waals surface area contributed by atoms with E-state index >= 15 is 0 Å². The topological polar surface area (TPSA) is 18.5 Å². The Morgan fingerprint density at radius 1 is 1.11 bits per heavy atom. The maximum absolute atomic E-state index is 3.40. The molecule has 100 valence electrons. The van der Waals surface area contributed by atoms with Crippen molar-refractivity contribution in [1.82, 2.24) is 10.2 Å². The quantitative estimate of drug-likeness (QED) is 0.880. The SMILES string of the molecule is Cc1cc(C)c(N(C)CN2CCNCC2)c(C)c1. The van der Waals surface area contributed by atoms with E-state index in [-0.39, 0.29) is 0 Å². The first-order valence-corrected chi connectivity index (χ1v) is 6.80. The number of aryl methyl sites for hydroxylation is 3. The first-order valence-electron chi connectivity index (χ1n) is 6.80. The van der Waals surface area contributed by atoms with E-state index in [0.29, 0.717) is 0 Å². The number of rotatable bonds is 3. The lowest BCUT2D eigenvalue weighted by atomic mass is 10.0. The maximum atomic E-state index is 3.40. The minimum atomic E-state index is 1.02. The van der Waals surface area contributed by atoms with E-state index in [1.807, 2.05) is 0 Å². The molecule has 3 nitrogen and oxygen atoms in total. The van der Waals surface area contributed by atoms with E-state index in [2.05, 4.69) is 55.1 Å². The number of nitrogens with one attached hydrogen (secondary N) is 1. The number of nitrogens with zero attached hydrogens (tertiary/aromatic N) is 2. The molecule has 0 aliphatic carbocycles.